The van der Waals surface area contributed by atoms with E-state index in [1.807, 2.05) is 50.2 Å². The summed E-state index contributed by atoms with van der Waals surface area (Å²) in [5.74, 6) is 52.1. The first-order valence-electron chi connectivity index (χ1n) is 15.2. The molecule has 1 aliphatic carbocycles. The molecule has 0 radical (unpaired) electrons. The molecule has 0 saturated heterocycles. The van der Waals surface area contributed by atoms with Crippen LogP contribution < -0.4 is 0 Å². The van der Waals surface area contributed by atoms with Crippen LogP contribution in [0.25, 0.3) is 0 Å². The van der Waals surface area contributed by atoms with Crippen LogP contribution in [-0.4, -0.2) is 28.9 Å². The van der Waals surface area contributed by atoms with Crippen LogP contribution >= 0.6 is 0 Å². The molecule has 0 saturated carbocycles. The summed E-state index contributed by atoms with van der Waals surface area (Å²) in [7, 11) is 0. The fourth-order valence-corrected chi connectivity index (χ4v) is 4.10. The summed E-state index contributed by atoms with van der Waals surface area (Å²) in [5, 5.41) is 18.1. The van der Waals surface area contributed by atoms with Gasteiger partial charge in [-0.25, -0.2) is 0 Å². The number of hydrogen-bond donors (Lipinski definition) is 2. The number of allylic oxidation sites excluding steroid dienone is 2. The zero-order valence-electron chi connectivity index (χ0n) is 28.7. The monoisotopic (exact) mass is 694 g/mol. The minimum Gasteiger partial charge on any atom is -0.511 e. The predicted molar refractivity (Wildman–Crippen MR) is 227 cm³/mol. The number of nitrogens with zero attached hydrogens (tertiary/aromatic N) is 2. The molecule has 0 atom stereocenters. The van der Waals surface area contributed by atoms with Crippen LogP contribution in [0.15, 0.2) is 82.3 Å². The van der Waals surface area contributed by atoms with Crippen molar-refractivity contribution in [2.75, 3.05) is 6.54 Å². The Morgan fingerprint density at radius 2 is 1.08 bits per heavy atom. The fraction of sp³-hybridized carbons (Fsp3) is 0.174. The average molecular weight is 695 g/mol. The summed E-state index contributed by atoms with van der Waals surface area (Å²) in [6, 6.07) is 20.5. The number of rotatable bonds is 5. The Balaban J connectivity index is -0.0000000894. The van der Waals surface area contributed by atoms with Gasteiger partial charge in [0.1, 0.15) is 5.76 Å². The van der Waals surface area contributed by atoms with Gasteiger partial charge in [-0.05, 0) is 118 Å². The first kappa shape index (κ1) is 41.9. The second-order valence-corrected chi connectivity index (χ2v) is 10.5. The summed E-state index contributed by atoms with van der Waals surface area (Å²) in [6.45, 7) is 6.22. The van der Waals surface area contributed by atoms with Gasteiger partial charge in [-0.1, -0.05) is 80.4 Å². The number of benzene rings is 2. The van der Waals surface area contributed by atoms with E-state index in [9.17, 15) is 9.90 Å². The van der Waals surface area contributed by atoms with E-state index in [0.29, 0.717) is 25.0 Å². The number of carbonyl (C=O) groups is 1. The van der Waals surface area contributed by atoms with Crippen molar-refractivity contribution in [3.05, 3.63) is 88.0 Å². The molecule has 0 unspecified atom stereocenters. The van der Waals surface area contributed by atoms with Gasteiger partial charge in [-0.2, -0.15) is 0 Å². The van der Waals surface area contributed by atoms with E-state index < -0.39 is 0 Å². The highest BCUT2D eigenvalue weighted by Gasteiger charge is 2.32. The van der Waals surface area contributed by atoms with Gasteiger partial charge in [-0.15, -0.1) is 11.3 Å². The zero-order chi connectivity index (χ0) is 38.1. The lowest BCUT2D eigenvalue weighted by atomic mass is 9.77. The van der Waals surface area contributed by atoms with Gasteiger partial charge in [0.25, 0.3) is 0 Å². The Hall–Kier alpha value is -8.12. The summed E-state index contributed by atoms with van der Waals surface area (Å²) in [5.41, 5.74) is 2.55. The number of carbonyl (C=O) groups excluding carboxylic acids is 1. The lowest BCUT2D eigenvalue weighted by Crippen LogP contribution is -2.26. The molecule has 3 rings (SSSR count). The second kappa shape index (κ2) is 26.9. The third kappa shape index (κ3) is 19.5. The van der Waals surface area contributed by atoms with E-state index in [-0.39, 0.29) is 37.1 Å². The molecule has 0 spiro atoms. The van der Waals surface area contributed by atoms with Crippen molar-refractivity contribution in [1.29, 1.82) is 0 Å². The quantitative estimate of drug-likeness (QED) is 0.142. The lowest BCUT2D eigenvalue weighted by Gasteiger charge is -2.28. The Morgan fingerprint density at radius 1 is 0.712 bits per heavy atom. The van der Waals surface area contributed by atoms with Gasteiger partial charge >= 0.3 is 0 Å². The highest BCUT2D eigenvalue weighted by Crippen LogP contribution is 2.35. The molecular weight excluding hydrogens is 645 g/mol. The summed E-state index contributed by atoms with van der Waals surface area (Å²) in [6.07, 6.45) is 7.42. The van der Waals surface area contributed by atoms with Crippen molar-refractivity contribution in [2.24, 2.45) is 15.7 Å². The van der Waals surface area contributed by atoms with Crippen LogP contribution in [0, 0.1) is 141 Å². The molecular formula is C46H50N2O4. The number of hydrogen-bond acceptors (Lipinski definition) is 5. The van der Waals surface area contributed by atoms with Crippen LogP contribution in [0.1, 0.15) is 64.9 Å². The molecule has 2 aromatic rings. The molecule has 2 N–H and O–H groups in total. The van der Waals surface area contributed by atoms with Gasteiger partial charge in [0.15, 0.2) is 11.1 Å². The van der Waals surface area contributed by atoms with Gasteiger partial charge < -0.3 is 10.3 Å². The van der Waals surface area contributed by atoms with Gasteiger partial charge in [0.2, 0.25) is 0 Å². The van der Waals surface area contributed by atoms with Crippen molar-refractivity contribution >= 4 is 12.0 Å². The molecule has 6 heteroatoms. The SMILES string of the molecule is C#CC#CC#CC#CC#CC#CC#CC#CC#CC#CC#CC.CC1(C)CC(=O)C(C=NCC(c2ccccc2)c2ccccc2)=C(O)C1.O=NO.[HH].[HH].[HH].[HH].[HH].[HH].[HH].[HH].[HH].[HH]. The average Bonchev–Trinajstić information content (AvgIpc) is 3.13. The van der Waals surface area contributed by atoms with E-state index in [1.54, 1.807) is 13.1 Å². The number of ketones is 1. The number of terminal acetylenes is 1. The first-order valence-corrected chi connectivity index (χ1v) is 15.2. The highest BCUT2D eigenvalue weighted by atomic mass is 16.6. The van der Waals surface area contributed by atoms with Crippen LogP contribution in [-0.2, 0) is 4.79 Å². The van der Waals surface area contributed by atoms with Crippen molar-refractivity contribution in [3.63, 3.8) is 0 Å². The Kier molecular flexibility index (Phi) is 21.7. The van der Waals surface area contributed by atoms with E-state index in [0.717, 1.165) is 0 Å². The second-order valence-electron chi connectivity index (χ2n) is 10.5. The molecule has 6 nitrogen and oxygen atoms in total. The number of Topliss-reactive ketones (excluding diaryl/α,β-unsaturated/α-hetero) is 1. The maximum absolute atomic E-state index is 12.3. The number of aliphatic hydroxyl groups is 1. The molecule has 0 aliphatic heterocycles. The predicted octanol–water partition coefficient (Wildman–Crippen LogP) is 8.37. The molecule has 1 aliphatic rings. The normalized spacial score (nSPS) is 10.6. The third-order valence-corrected chi connectivity index (χ3v) is 6.13. The van der Waals surface area contributed by atoms with Crippen molar-refractivity contribution in [2.45, 2.75) is 39.5 Å². The fourth-order valence-electron chi connectivity index (χ4n) is 4.10. The largest absolute Gasteiger partial charge is 0.511 e. The molecule has 0 bridgehead atoms. The molecule has 0 fully saturated rings. The zero-order valence-corrected chi connectivity index (χ0v) is 28.7. The molecule has 52 heavy (non-hydrogen) atoms. The Bertz CT molecular complexity index is 2330. The minimum absolute atomic E-state index is 0. The van der Waals surface area contributed by atoms with Crippen molar-refractivity contribution < 1.29 is 29.4 Å². The number of aliphatic hydroxyl groups excluding tert-OH is 1. The maximum atomic E-state index is 12.3. The molecule has 268 valence electrons. The lowest BCUT2D eigenvalue weighted by molar-refractivity contribution is -0.117. The minimum atomic E-state index is -0.185. The Labute approximate surface area is 321 Å². The third-order valence-electron chi connectivity index (χ3n) is 6.13. The van der Waals surface area contributed by atoms with Crippen molar-refractivity contribution in [1.82, 2.24) is 0 Å². The summed E-state index contributed by atoms with van der Waals surface area (Å²) < 4.78 is 0. The Morgan fingerprint density at radius 3 is 1.42 bits per heavy atom. The molecule has 0 heterocycles. The first-order chi connectivity index (χ1) is 25.3. The van der Waals surface area contributed by atoms with Crippen LogP contribution in [0.2, 0.25) is 0 Å². The summed E-state index contributed by atoms with van der Waals surface area (Å²) in [4.78, 5) is 25.0. The van der Waals surface area contributed by atoms with Crippen LogP contribution in [0.3, 0.4) is 0 Å². The van der Waals surface area contributed by atoms with Crippen LogP contribution in [0.4, 0.5) is 0 Å². The molecule has 0 aromatic heterocycles. The smallest absolute Gasteiger partial charge is 0.168 e. The van der Waals surface area contributed by atoms with E-state index in [4.69, 9.17) is 16.5 Å². The van der Waals surface area contributed by atoms with E-state index >= 15 is 0 Å². The van der Waals surface area contributed by atoms with Crippen molar-refractivity contribution in [3.8, 4) is 131 Å². The maximum Gasteiger partial charge on any atom is 0.168 e. The van der Waals surface area contributed by atoms with E-state index in [2.05, 4.69) is 154 Å². The number of aliphatic imine (C=N–C) groups is 1. The van der Waals surface area contributed by atoms with Gasteiger partial charge in [0.05, 0.1) is 5.57 Å². The molecule has 0 amide bonds. The van der Waals surface area contributed by atoms with Crippen LogP contribution in [0.5, 0.6) is 0 Å². The van der Waals surface area contributed by atoms with E-state index in [1.165, 1.54) is 16.5 Å². The van der Waals surface area contributed by atoms with Gasteiger partial charge in [0, 0.05) is 69.5 Å². The molecule has 2 aromatic carbocycles. The topological polar surface area (TPSA) is 99.3 Å². The van der Waals surface area contributed by atoms with Gasteiger partial charge in [-0.3, -0.25) is 9.79 Å². The standard InChI is InChI=1S/C23H25NO2.C23H4.HNO2.10H2/c1-23(2)13-21(25)20(22(26)14-23)16-24-15-19(17-9-5-3-6-10-17)18-11-7-4-8-12-18;1-3-5-7-9-11-13-15-17-19-21-23-22-20-18-16-14-12-10-8-6-4-2;2-1-3;;;;;;;;;;/h3-12,16,19,25H,13-15H2,1-2H3;1H,2H3;(H,2,3);10*1H. The summed E-state index contributed by atoms with van der Waals surface area (Å²) >= 11 is 0. The highest BCUT2D eigenvalue weighted by molar-refractivity contribution is 6.14.